The monoisotopic (exact) mass is 191 g/mol. The van der Waals surface area contributed by atoms with Crippen molar-refractivity contribution in [3.05, 3.63) is 0 Å². The number of rotatable bonds is 0. The Morgan fingerprint density at radius 1 is 1.11 bits per heavy atom. The van der Waals surface area contributed by atoms with E-state index in [2.05, 4.69) is 15.9 Å². The second kappa shape index (κ2) is 3.57. The smallest absolute Gasteiger partial charge is 0.0297 e. The van der Waals surface area contributed by atoms with Crippen molar-refractivity contribution < 1.29 is 0 Å². The minimum absolute atomic E-state index is 0.410. The lowest BCUT2D eigenvalue weighted by Gasteiger charge is -2.12. The Morgan fingerprint density at radius 2 is 1.78 bits per heavy atom. The van der Waals surface area contributed by atoms with Crippen LogP contribution in [0.25, 0.3) is 0 Å². The molecule has 0 heterocycles. The quantitative estimate of drug-likeness (QED) is 0.461. The average Bonchev–Trinajstić information content (AvgIpc) is 1.99. The topological polar surface area (TPSA) is 26.0 Å². The maximum atomic E-state index is 5.83. The molecule has 1 rings (SSSR count). The van der Waals surface area contributed by atoms with Gasteiger partial charge in [0.25, 0.3) is 0 Å². The van der Waals surface area contributed by atoms with E-state index in [1.807, 2.05) is 0 Å². The van der Waals surface area contributed by atoms with Crippen LogP contribution in [0.5, 0.6) is 0 Å². The second-order valence-electron chi connectivity index (χ2n) is 2.82. The summed E-state index contributed by atoms with van der Waals surface area (Å²) in [6.45, 7) is 0. The first kappa shape index (κ1) is 7.55. The summed E-state index contributed by atoms with van der Waals surface area (Å²) < 4.78 is 0. The Labute approximate surface area is 65.1 Å². The molecule has 2 atom stereocenters. The molecule has 0 amide bonds. The molecule has 0 spiro atoms. The van der Waals surface area contributed by atoms with Gasteiger partial charge in [-0.25, -0.2) is 0 Å². The zero-order valence-electron chi connectivity index (χ0n) is 5.65. The third-order valence-electron chi connectivity index (χ3n) is 1.98. The molecule has 2 unspecified atom stereocenters. The first-order chi connectivity index (χ1) is 4.30. The summed E-state index contributed by atoms with van der Waals surface area (Å²) in [6, 6.07) is 0.410. The lowest BCUT2D eigenvalue weighted by Crippen LogP contribution is -2.28. The fourth-order valence-electron chi connectivity index (χ4n) is 1.29. The fourth-order valence-corrected chi connectivity index (χ4v) is 1.88. The van der Waals surface area contributed by atoms with Crippen molar-refractivity contribution >= 4 is 15.9 Å². The van der Waals surface area contributed by atoms with Gasteiger partial charge >= 0.3 is 0 Å². The van der Waals surface area contributed by atoms with E-state index in [9.17, 15) is 0 Å². The molecule has 9 heavy (non-hydrogen) atoms. The maximum absolute atomic E-state index is 5.83. The van der Waals surface area contributed by atoms with Gasteiger partial charge in [-0.3, -0.25) is 0 Å². The summed E-state index contributed by atoms with van der Waals surface area (Å²) >= 11 is 3.58. The summed E-state index contributed by atoms with van der Waals surface area (Å²) in [5, 5.41) is 0. The van der Waals surface area contributed by atoms with E-state index in [4.69, 9.17) is 5.73 Å². The van der Waals surface area contributed by atoms with Gasteiger partial charge in [-0.2, -0.15) is 0 Å². The summed E-state index contributed by atoms with van der Waals surface area (Å²) in [5.41, 5.74) is 5.83. The van der Waals surface area contributed by atoms with Gasteiger partial charge in [0.1, 0.15) is 0 Å². The van der Waals surface area contributed by atoms with Gasteiger partial charge in [0, 0.05) is 10.9 Å². The Kier molecular flexibility index (Phi) is 2.99. The normalized spacial score (nSPS) is 38.0. The molecular formula is C7H14BrN. The van der Waals surface area contributed by atoms with Crippen LogP contribution in [0.4, 0.5) is 0 Å². The van der Waals surface area contributed by atoms with Crippen molar-refractivity contribution in [1.29, 1.82) is 0 Å². The molecule has 54 valence electrons. The molecule has 1 fully saturated rings. The first-order valence-electron chi connectivity index (χ1n) is 3.70. The standard InChI is InChI=1S/C7H14BrN/c8-6-4-2-1-3-5-7(6)9/h6-7H,1-5,9H2. The molecule has 0 aromatic heterocycles. The Morgan fingerprint density at radius 3 is 2.56 bits per heavy atom. The summed E-state index contributed by atoms with van der Waals surface area (Å²) in [7, 11) is 0. The van der Waals surface area contributed by atoms with Crippen molar-refractivity contribution in [3.8, 4) is 0 Å². The molecule has 1 saturated carbocycles. The van der Waals surface area contributed by atoms with Crippen molar-refractivity contribution in [2.75, 3.05) is 0 Å². The number of hydrogen-bond donors (Lipinski definition) is 1. The summed E-state index contributed by atoms with van der Waals surface area (Å²) in [6.07, 6.45) is 6.51. The minimum Gasteiger partial charge on any atom is -0.327 e. The predicted molar refractivity (Wildman–Crippen MR) is 43.8 cm³/mol. The van der Waals surface area contributed by atoms with E-state index in [0.29, 0.717) is 10.9 Å². The van der Waals surface area contributed by atoms with Gasteiger partial charge in [0.15, 0.2) is 0 Å². The highest BCUT2D eigenvalue weighted by Gasteiger charge is 2.16. The van der Waals surface area contributed by atoms with E-state index in [1.165, 1.54) is 32.1 Å². The second-order valence-corrected chi connectivity index (χ2v) is 3.99. The van der Waals surface area contributed by atoms with Gasteiger partial charge < -0.3 is 5.73 Å². The average molecular weight is 192 g/mol. The Bertz CT molecular complexity index is 75.0. The van der Waals surface area contributed by atoms with Gasteiger partial charge in [0.05, 0.1) is 0 Å². The molecule has 0 aromatic rings. The highest BCUT2D eigenvalue weighted by molar-refractivity contribution is 9.09. The highest BCUT2D eigenvalue weighted by Crippen LogP contribution is 2.21. The number of alkyl halides is 1. The van der Waals surface area contributed by atoms with Crippen LogP contribution in [0.2, 0.25) is 0 Å². The van der Waals surface area contributed by atoms with E-state index in [1.54, 1.807) is 0 Å². The third-order valence-corrected chi connectivity index (χ3v) is 3.12. The highest BCUT2D eigenvalue weighted by atomic mass is 79.9. The predicted octanol–water partition coefficient (Wildman–Crippen LogP) is 2.04. The molecule has 0 aliphatic heterocycles. The molecule has 2 N–H and O–H groups in total. The van der Waals surface area contributed by atoms with Gasteiger partial charge in [0.2, 0.25) is 0 Å². The van der Waals surface area contributed by atoms with Gasteiger partial charge in [-0.1, -0.05) is 35.2 Å². The largest absolute Gasteiger partial charge is 0.327 e. The fraction of sp³-hybridized carbons (Fsp3) is 1.00. The van der Waals surface area contributed by atoms with Crippen molar-refractivity contribution in [2.24, 2.45) is 5.73 Å². The van der Waals surface area contributed by atoms with Crippen LogP contribution in [0.1, 0.15) is 32.1 Å². The molecule has 1 aliphatic carbocycles. The molecule has 0 aromatic carbocycles. The zero-order valence-corrected chi connectivity index (χ0v) is 7.23. The molecule has 0 saturated heterocycles. The van der Waals surface area contributed by atoms with Gasteiger partial charge in [-0.15, -0.1) is 0 Å². The van der Waals surface area contributed by atoms with Crippen LogP contribution in [0, 0.1) is 0 Å². The molecular weight excluding hydrogens is 178 g/mol. The van der Waals surface area contributed by atoms with Crippen LogP contribution in [0.3, 0.4) is 0 Å². The third kappa shape index (κ3) is 2.26. The van der Waals surface area contributed by atoms with E-state index < -0.39 is 0 Å². The van der Waals surface area contributed by atoms with E-state index >= 15 is 0 Å². The molecule has 0 bridgehead atoms. The van der Waals surface area contributed by atoms with E-state index in [-0.39, 0.29) is 0 Å². The van der Waals surface area contributed by atoms with Crippen LogP contribution in [-0.2, 0) is 0 Å². The maximum Gasteiger partial charge on any atom is 0.0297 e. The summed E-state index contributed by atoms with van der Waals surface area (Å²) in [5.74, 6) is 0. The van der Waals surface area contributed by atoms with Crippen LogP contribution < -0.4 is 5.73 Å². The molecule has 0 radical (unpaired) electrons. The lowest BCUT2D eigenvalue weighted by atomic mass is 10.1. The SMILES string of the molecule is NC1CCCCCC1Br. The van der Waals surface area contributed by atoms with Crippen molar-refractivity contribution in [2.45, 2.75) is 43.0 Å². The van der Waals surface area contributed by atoms with Crippen LogP contribution in [-0.4, -0.2) is 10.9 Å². The minimum atomic E-state index is 0.410. The zero-order chi connectivity index (χ0) is 6.69. The van der Waals surface area contributed by atoms with Crippen molar-refractivity contribution in [3.63, 3.8) is 0 Å². The first-order valence-corrected chi connectivity index (χ1v) is 4.62. The number of hydrogen-bond acceptors (Lipinski definition) is 1. The van der Waals surface area contributed by atoms with Crippen LogP contribution in [0.15, 0.2) is 0 Å². The van der Waals surface area contributed by atoms with E-state index in [0.717, 1.165) is 0 Å². The van der Waals surface area contributed by atoms with Crippen LogP contribution >= 0.6 is 15.9 Å². The Hall–Kier alpha value is 0.440. The molecule has 1 aliphatic rings. The van der Waals surface area contributed by atoms with Crippen molar-refractivity contribution in [1.82, 2.24) is 0 Å². The van der Waals surface area contributed by atoms with Gasteiger partial charge in [-0.05, 0) is 12.8 Å². The number of nitrogens with two attached hydrogens (primary N) is 1. The molecule has 2 heteroatoms. The molecule has 1 nitrogen and oxygen atoms in total. The summed E-state index contributed by atoms with van der Waals surface area (Å²) in [4.78, 5) is 0.583. The number of halogens is 1. The Balaban J connectivity index is 2.32. The lowest BCUT2D eigenvalue weighted by molar-refractivity contribution is 0.602.